The van der Waals surface area contributed by atoms with Gasteiger partial charge in [-0.15, -0.1) is 34.2 Å². The van der Waals surface area contributed by atoms with Gasteiger partial charge in [0.25, 0.3) is 0 Å². The van der Waals surface area contributed by atoms with Crippen LogP contribution in [0.5, 0.6) is 0 Å². The van der Waals surface area contributed by atoms with Gasteiger partial charge >= 0.3 is 0 Å². The highest BCUT2D eigenvalue weighted by Gasteiger charge is 2.15. The first-order valence-corrected chi connectivity index (χ1v) is 9.23. The molecule has 144 valence electrons. The van der Waals surface area contributed by atoms with Crippen LogP contribution < -0.4 is 10.6 Å². The van der Waals surface area contributed by atoms with E-state index in [2.05, 4.69) is 37.8 Å². The Labute approximate surface area is 172 Å². The third-order valence-electron chi connectivity index (χ3n) is 4.84. The lowest BCUT2D eigenvalue weighted by Crippen LogP contribution is -2.45. The van der Waals surface area contributed by atoms with Crippen LogP contribution in [0, 0.1) is 6.92 Å². The van der Waals surface area contributed by atoms with Gasteiger partial charge in [-0.2, -0.15) is 0 Å². The third-order valence-corrected chi connectivity index (χ3v) is 4.84. The van der Waals surface area contributed by atoms with Crippen molar-refractivity contribution in [3.05, 3.63) is 36.2 Å². The molecule has 1 aliphatic carbocycles. The van der Waals surface area contributed by atoms with E-state index >= 15 is 0 Å². The average Bonchev–Trinajstić information content (AvgIpc) is 3.25. The van der Waals surface area contributed by atoms with E-state index in [0.29, 0.717) is 12.6 Å². The van der Waals surface area contributed by atoms with Crippen molar-refractivity contribution in [3.63, 3.8) is 0 Å². The maximum Gasteiger partial charge on any atom is 0.191 e. The topological polar surface area (TPSA) is 72.1 Å². The van der Waals surface area contributed by atoms with E-state index < -0.39 is 0 Å². The number of aryl methyl sites for hydroxylation is 1. The molecule has 1 saturated carbocycles. The molecule has 2 aromatic rings. The van der Waals surface area contributed by atoms with Crippen LogP contribution in [0.4, 0.5) is 0 Å². The van der Waals surface area contributed by atoms with Crippen LogP contribution in [0.15, 0.2) is 29.5 Å². The molecule has 0 amide bonds. The van der Waals surface area contributed by atoms with Crippen LogP contribution in [-0.4, -0.2) is 37.9 Å². The van der Waals surface area contributed by atoms with Gasteiger partial charge in [0.15, 0.2) is 11.8 Å². The molecule has 0 aromatic carbocycles. The van der Waals surface area contributed by atoms with E-state index in [1.54, 1.807) is 0 Å². The first kappa shape index (κ1) is 20.7. The van der Waals surface area contributed by atoms with Crippen molar-refractivity contribution in [3.8, 4) is 0 Å². The molecule has 1 aliphatic rings. The fourth-order valence-electron chi connectivity index (χ4n) is 3.15. The van der Waals surface area contributed by atoms with E-state index in [-0.39, 0.29) is 24.0 Å². The van der Waals surface area contributed by atoms with Gasteiger partial charge in [-0.1, -0.05) is 19.3 Å². The van der Waals surface area contributed by atoms with E-state index in [1.165, 1.54) is 32.1 Å². The molecule has 3 rings (SSSR count). The highest BCUT2D eigenvalue weighted by molar-refractivity contribution is 14.0. The zero-order chi connectivity index (χ0) is 17.5. The van der Waals surface area contributed by atoms with Gasteiger partial charge in [0.05, 0.1) is 0 Å². The van der Waals surface area contributed by atoms with E-state index in [1.807, 2.05) is 30.7 Å². The Kier molecular flexibility index (Phi) is 8.40. The molecular weight excluding hydrogens is 441 g/mol. The van der Waals surface area contributed by atoms with Crippen LogP contribution in [0.2, 0.25) is 0 Å². The molecule has 0 unspecified atom stereocenters. The summed E-state index contributed by atoms with van der Waals surface area (Å²) in [7, 11) is 1.98. The molecule has 0 spiro atoms. The number of hydrogen-bond acceptors (Lipinski definition) is 3. The maximum absolute atomic E-state index is 4.74. The van der Waals surface area contributed by atoms with Gasteiger partial charge in [0.1, 0.15) is 12.4 Å². The SMILES string of the molecule is Cc1nnc(CN=C(NCCn2cccc2)NC2CCCCC2)n1C.I. The summed E-state index contributed by atoms with van der Waals surface area (Å²) in [6.45, 7) is 4.24. The highest BCUT2D eigenvalue weighted by Crippen LogP contribution is 2.17. The molecule has 2 heterocycles. The summed E-state index contributed by atoms with van der Waals surface area (Å²) < 4.78 is 4.15. The van der Waals surface area contributed by atoms with Crippen LogP contribution in [0.1, 0.15) is 43.8 Å². The monoisotopic (exact) mass is 471 g/mol. The largest absolute Gasteiger partial charge is 0.355 e. The summed E-state index contributed by atoms with van der Waals surface area (Å²) in [5.41, 5.74) is 0. The Balaban J connectivity index is 0.00000243. The number of aromatic nitrogens is 4. The molecule has 8 heteroatoms. The minimum atomic E-state index is 0. The van der Waals surface area contributed by atoms with Crippen molar-refractivity contribution in [1.82, 2.24) is 30.0 Å². The standard InChI is InChI=1S/C18H29N7.HI/c1-15-22-23-17(24(15)2)14-20-18(21-16-8-4-3-5-9-16)19-10-13-25-11-6-7-12-25;/h6-7,11-12,16H,3-5,8-10,13-14H2,1-2H3,(H2,19,20,21);1H. The molecule has 26 heavy (non-hydrogen) atoms. The lowest BCUT2D eigenvalue weighted by molar-refractivity contribution is 0.409. The Morgan fingerprint density at radius 2 is 1.92 bits per heavy atom. The van der Waals surface area contributed by atoms with Crippen molar-refractivity contribution in [2.24, 2.45) is 12.0 Å². The molecule has 0 bridgehead atoms. The maximum atomic E-state index is 4.74. The first-order valence-electron chi connectivity index (χ1n) is 9.23. The average molecular weight is 471 g/mol. The molecule has 0 saturated heterocycles. The summed E-state index contributed by atoms with van der Waals surface area (Å²) in [5, 5.41) is 15.4. The minimum absolute atomic E-state index is 0. The Morgan fingerprint density at radius 1 is 1.19 bits per heavy atom. The predicted molar refractivity (Wildman–Crippen MR) is 115 cm³/mol. The molecule has 0 aliphatic heterocycles. The van der Waals surface area contributed by atoms with Gasteiger partial charge in [0, 0.05) is 38.6 Å². The summed E-state index contributed by atoms with van der Waals surface area (Å²) >= 11 is 0. The molecular formula is C18H30IN7. The van der Waals surface area contributed by atoms with Gasteiger partial charge in [-0.05, 0) is 31.9 Å². The second kappa shape index (κ2) is 10.5. The number of nitrogens with zero attached hydrogens (tertiary/aromatic N) is 5. The number of guanidine groups is 1. The minimum Gasteiger partial charge on any atom is -0.355 e. The second-order valence-corrected chi connectivity index (χ2v) is 6.71. The van der Waals surface area contributed by atoms with E-state index in [0.717, 1.165) is 30.7 Å². The first-order chi connectivity index (χ1) is 12.2. The number of rotatable bonds is 6. The van der Waals surface area contributed by atoms with Crippen molar-refractivity contribution < 1.29 is 0 Å². The molecule has 2 aromatic heterocycles. The normalized spacial score (nSPS) is 15.5. The van der Waals surface area contributed by atoms with Crippen LogP contribution in [0.25, 0.3) is 0 Å². The number of nitrogens with one attached hydrogen (secondary N) is 2. The summed E-state index contributed by atoms with van der Waals surface area (Å²) in [6.07, 6.45) is 10.6. The van der Waals surface area contributed by atoms with Crippen LogP contribution >= 0.6 is 24.0 Å². The van der Waals surface area contributed by atoms with Crippen LogP contribution in [0.3, 0.4) is 0 Å². The summed E-state index contributed by atoms with van der Waals surface area (Å²) in [5.74, 6) is 2.67. The van der Waals surface area contributed by atoms with Gasteiger partial charge in [0.2, 0.25) is 0 Å². The smallest absolute Gasteiger partial charge is 0.191 e. The quantitative estimate of drug-likeness (QED) is 0.386. The molecule has 2 N–H and O–H groups in total. The Morgan fingerprint density at radius 3 is 2.58 bits per heavy atom. The lowest BCUT2D eigenvalue weighted by atomic mass is 9.96. The Bertz CT molecular complexity index is 672. The lowest BCUT2D eigenvalue weighted by Gasteiger charge is -2.25. The predicted octanol–water partition coefficient (Wildman–Crippen LogP) is 2.61. The van der Waals surface area contributed by atoms with Crippen molar-refractivity contribution in [2.75, 3.05) is 6.54 Å². The van der Waals surface area contributed by atoms with Crippen molar-refractivity contribution >= 4 is 29.9 Å². The van der Waals surface area contributed by atoms with Crippen LogP contribution in [-0.2, 0) is 20.1 Å². The second-order valence-electron chi connectivity index (χ2n) is 6.71. The van der Waals surface area contributed by atoms with Gasteiger partial charge < -0.3 is 19.8 Å². The molecule has 7 nitrogen and oxygen atoms in total. The Hall–Kier alpha value is -1.58. The fourth-order valence-corrected chi connectivity index (χ4v) is 3.15. The number of aliphatic imine (C=N–C) groups is 1. The fraction of sp³-hybridized carbons (Fsp3) is 0.611. The van der Waals surface area contributed by atoms with E-state index in [9.17, 15) is 0 Å². The van der Waals surface area contributed by atoms with Gasteiger partial charge in [-0.25, -0.2) is 4.99 Å². The highest BCUT2D eigenvalue weighted by atomic mass is 127. The zero-order valence-electron chi connectivity index (χ0n) is 15.7. The van der Waals surface area contributed by atoms with E-state index in [4.69, 9.17) is 4.99 Å². The van der Waals surface area contributed by atoms with Crippen molar-refractivity contribution in [1.29, 1.82) is 0 Å². The molecule has 0 atom stereocenters. The number of halogens is 1. The zero-order valence-corrected chi connectivity index (χ0v) is 18.0. The molecule has 0 radical (unpaired) electrons. The van der Waals surface area contributed by atoms with Crippen molar-refractivity contribution in [2.45, 2.75) is 58.2 Å². The summed E-state index contributed by atoms with van der Waals surface area (Å²) in [6, 6.07) is 4.62. The number of hydrogen-bond donors (Lipinski definition) is 2. The summed E-state index contributed by atoms with van der Waals surface area (Å²) in [4.78, 5) is 4.74. The molecule has 1 fully saturated rings. The third kappa shape index (κ3) is 6.00. The van der Waals surface area contributed by atoms with Gasteiger partial charge in [-0.3, -0.25) is 0 Å².